The van der Waals surface area contributed by atoms with Gasteiger partial charge in [0, 0.05) is 11.6 Å². The Morgan fingerprint density at radius 3 is 2.39 bits per heavy atom. The van der Waals surface area contributed by atoms with Gasteiger partial charge in [0.1, 0.15) is 5.75 Å². The highest BCUT2D eigenvalue weighted by atomic mass is 35.5. The number of carbonyl (C=O) groups is 2. The molecule has 0 heterocycles. The van der Waals surface area contributed by atoms with Crippen molar-refractivity contribution in [3.8, 4) is 16.9 Å². The topological polar surface area (TPSA) is 75.6 Å². The van der Waals surface area contributed by atoms with E-state index in [1.54, 1.807) is 19.1 Å². The molecule has 0 aliphatic heterocycles. The Morgan fingerprint density at radius 1 is 0.939 bits per heavy atom. The summed E-state index contributed by atoms with van der Waals surface area (Å²) in [6.45, 7) is 1.72. The van der Waals surface area contributed by atoms with E-state index < -0.39 is 12.1 Å². The number of benzene rings is 4. The van der Waals surface area contributed by atoms with Gasteiger partial charge in [0.15, 0.2) is 6.10 Å². The van der Waals surface area contributed by atoms with Crippen LogP contribution in [0.25, 0.3) is 21.9 Å². The van der Waals surface area contributed by atoms with Crippen LogP contribution in [0.4, 0.5) is 5.69 Å². The summed E-state index contributed by atoms with van der Waals surface area (Å²) < 4.78 is 5.55. The second kappa shape index (κ2) is 9.76. The number of hydrogen-bond acceptors (Lipinski definition) is 3. The summed E-state index contributed by atoms with van der Waals surface area (Å²) in [4.78, 5) is 24.7. The van der Waals surface area contributed by atoms with E-state index in [2.05, 4.69) is 11.4 Å². The molecule has 0 radical (unpaired) electrons. The molecule has 166 valence electrons. The molecule has 0 aromatic heterocycles. The predicted octanol–water partition coefficient (Wildman–Crippen LogP) is 6.65. The van der Waals surface area contributed by atoms with E-state index in [-0.39, 0.29) is 5.91 Å². The van der Waals surface area contributed by atoms with Crippen molar-refractivity contribution >= 4 is 39.9 Å². The number of carbonyl (C=O) groups excluding carboxylic acids is 1. The van der Waals surface area contributed by atoms with Crippen LogP contribution in [0.2, 0.25) is 5.02 Å². The summed E-state index contributed by atoms with van der Waals surface area (Å²) in [7, 11) is 0. The molecular weight excluding hydrogens is 438 g/mol. The maximum Gasteiger partial charge on any atom is 0.344 e. The molecule has 0 saturated carbocycles. The van der Waals surface area contributed by atoms with Crippen molar-refractivity contribution in [1.29, 1.82) is 0 Å². The molecule has 2 N–H and O–H groups in total. The van der Waals surface area contributed by atoms with Crippen LogP contribution >= 0.6 is 11.6 Å². The number of fused-ring (bicyclic) bond motifs is 1. The fourth-order valence-corrected chi connectivity index (χ4v) is 3.80. The molecule has 4 rings (SSSR count). The third-order valence-electron chi connectivity index (χ3n) is 5.32. The Kier molecular flexibility index (Phi) is 6.61. The molecule has 5 nitrogen and oxygen atoms in total. The van der Waals surface area contributed by atoms with Crippen molar-refractivity contribution in [2.24, 2.45) is 0 Å². The molecule has 0 fully saturated rings. The zero-order chi connectivity index (χ0) is 23.4. The number of carboxylic acid groups (broad SMARTS) is 1. The predicted molar refractivity (Wildman–Crippen MR) is 131 cm³/mol. The van der Waals surface area contributed by atoms with E-state index >= 15 is 0 Å². The van der Waals surface area contributed by atoms with Gasteiger partial charge in [-0.2, -0.15) is 0 Å². The van der Waals surface area contributed by atoms with Gasteiger partial charge in [-0.15, -0.1) is 0 Å². The van der Waals surface area contributed by atoms with Gasteiger partial charge >= 0.3 is 5.97 Å². The lowest BCUT2D eigenvalue weighted by molar-refractivity contribution is -0.145. The number of anilines is 1. The van der Waals surface area contributed by atoms with Crippen molar-refractivity contribution in [2.45, 2.75) is 19.4 Å². The fourth-order valence-electron chi connectivity index (χ4n) is 3.63. The molecule has 4 aromatic rings. The van der Waals surface area contributed by atoms with E-state index in [1.165, 1.54) is 6.07 Å². The molecule has 1 amide bonds. The van der Waals surface area contributed by atoms with Crippen molar-refractivity contribution in [1.82, 2.24) is 0 Å². The van der Waals surface area contributed by atoms with Gasteiger partial charge in [0.25, 0.3) is 5.91 Å². The summed E-state index contributed by atoms with van der Waals surface area (Å²) in [5, 5.41) is 14.2. The van der Waals surface area contributed by atoms with E-state index in [0.717, 1.165) is 21.9 Å². The highest BCUT2D eigenvalue weighted by Gasteiger charge is 2.19. The molecular formula is C27H22ClNO4. The Bertz CT molecular complexity index is 1320. The monoisotopic (exact) mass is 459 g/mol. The largest absolute Gasteiger partial charge is 0.479 e. The number of carboxylic acids is 1. The van der Waals surface area contributed by atoms with Gasteiger partial charge in [-0.3, -0.25) is 4.79 Å². The van der Waals surface area contributed by atoms with Crippen LogP contribution < -0.4 is 10.1 Å². The Balaban J connectivity index is 1.70. The molecule has 0 aliphatic carbocycles. The van der Waals surface area contributed by atoms with Gasteiger partial charge in [-0.05, 0) is 52.6 Å². The normalized spacial score (nSPS) is 11.7. The van der Waals surface area contributed by atoms with E-state index in [0.29, 0.717) is 28.4 Å². The van der Waals surface area contributed by atoms with Crippen LogP contribution in [0.3, 0.4) is 0 Å². The quantitative estimate of drug-likeness (QED) is 0.324. The van der Waals surface area contributed by atoms with Gasteiger partial charge in [-0.25, -0.2) is 4.79 Å². The first-order chi connectivity index (χ1) is 16.0. The molecule has 1 unspecified atom stereocenters. The summed E-state index contributed by atoms with van der Waals surface area (Å²) in [6, 6.07) is 26.1. The molecule has 6 heteroatoms. The van der Waals surface area contributed by atoms with Crippen LogP contribution in [0.1, 0.15) is 23.7 Å². The first kappa shape index (κ1) is 22.4. The average molecular weight is 460 g/mol. The summed E-state index contributed by atoms with van der Waals surface area (Å²) in [5.74, 6) is -1.07. The molecule has 1 atom stereocenters. The second-order valence-corrected chi connectivity index (χ2v) is 7.97. The van der Waals surface area contributed by atoms with Crippen LogP contribution in [0.5, 0.6) is 5.75 Å². The van der Waals surface area contributed by atoms with Crippen molar-refractivity contribution in [3.63, 3.8) is 0 Å². The maximum absolute atomic E-state index is 13.4. The van der Waals surface area contributed by atoms with Crippen molar-refractivity contribution in [2.75, 3.05) is 5.32 Å². The van der Waals surface area contributed by atoms with Gasteiger partial charge in [-0.1, -0.05) is 73.1 Å². The minimum atomic E-state index is -1.05. The SMILES string of the molecule is CCC(Oc1ccc(Cl)c(NC(=O)c2cc(-c3ccccc3)cc3ccccc23)c1)C(=O)O. The molecule has 33 heavy (non-hydrogen) atoms. The minimum absolute atomic E-state index is 0.303. The smallest absolute Gasteiger partial charge is 0.344 e. The lowest BCUT2D eigenvalue weighted by atomic mass is 9.96. The molecule has 0 bridgehead atoms. The molecule has 4 aromatic carbocycles. The van der Waals surface area contributed by atoms with Crippen molar-refractivity contribution < 1.29 is 19.4 Å². The van der Waals surface area contributed by atoms with Crippen LogP contribution in [-0.2, 0) is 4.79 Å². The summed E-state index contributed by atoms with van der Waals surface area (Å²) in [5.41, 5.74) is 2.78. The third-order valence-corrected chi connectivity index (χ3v) is 5.65. The number of nitrogens with one attached hydrogen (secondary N) is 1. The minimum Gasteiger partial charge on any atom is -0.479 e. The number of rotatable bonds is 7. The van der Waals surface area contributed by atoms with E-state index in [4.69, 9.17) is 16.3 Å². The van der Waals surface area contributed by atoms with Crippen LogP contribution in [-0.4, -0.2) is 23.1 Å². The zero-order valence-electron chi connectivity index (χ0n) is 17.9. The molecule has 0 aliphatic rings. The summed E-state index contributed by atoms with van der Waals surface area (Å²) in [6.07, 6.45) is -0.681. The van der Waals surface area contributed by atoms with Gasteiger partial charge < -0.3 is 15.2 Å². The fraction of sp³-hybridized carbons (Fsp3) is 0.111. The number of hydrogen-bond donors (Lipinski definition) is 2. The average Bonchev–Trinajstić information content (AvgIpc) is 2.84. The second-order valence-electron chi connectivity index (χ2n) is 7.56. The van der Waals surface area contributed by atoms with E-state index in [9.17, 15) is 14.7 Å². The van der Waals surface area contributed by atoms with E-state index in [1.807, 2.05) is 60.7 Å². The van der Waals surface area contributed by atoms with Gasteiger partial charge in [0.2, 0.25) is 0 Å². The molecule has 0 spiro atoms. The van der Waals surface area contributed by atoms with Crippen molar-refractivity contribution in [3.05, 3.63) is 95.5 Å². The zero-order valence-corrected chi connectivity index (χ0v) is 18.7. The summed E-state index contributed by atoms with van der Waals surface area (Å²) >= 11 is 6.32. The highest BCUT2D eigenvalue weighted by Crippen LogP contribution is 2.31. The standard InChI is InChI=1S/C27H22ClNO4/c1-2-25(27(31)32)33-20-12-13-23(28)24(16-20)29-26(30)22-15-19(17-8-4-3-5-9-17)14-18-10-6-7-11-21(18)22/h3-16,25H,2H2,1H3,(H,29,30)(H,31,32). The first-order valence-corrected chi connectivity index (χ1v) is 10.9. The number of halogens is 1. The maximum atomic E-state index is 13.4. The lowest BCUT2D eigenvalue weighted by Gasteiger charge is -2.16. The number of aliphatic carboxylic acids is 1. The Morgan fingerprint density at radius 2 is 1.67 bits per heavy atom. The Hall–Kier alpha value is -3.83. The number of amides is 1. The first-order valence-electron chi connectivity index (χ1n) is 10.5. The van der Waals surface area contributed by atoms with Crippen LogP contribution in [0, 0.1) is 0 Å². The third kappa shape index (κ3) is 4.99. The molecule has 0 saturated heterocycles. The van der Waals surface area contributed by atoms with Crippen LogP contribution in [0.15, 0.2) is 84.9 Å². The number of ether oxygens (including phenoxy) is 1. The highest BCUT2D eigenvalue weighted by molar-refractivity contribution is 6.34. The Labute approximate surface area is 196 Å². The lowest BCUT2D eigenvalue weighted by Crippen LogP contribution is -2.26. The van der Waals surface area contributed by atoms with Gasteiger partial charge in [0.05, 0.1) is 10.7 Å².